The molecule has 2 aliphatic rings. The largest absolute Gasteiger partial charge is 0.362 e. The van der Waals surface area contributed by atoms with E-state index in [2.05, 4.69) is 22.2 Å². The second-order valence-electron chi connectivity index (χ2n) is 4.95. The molecule has 1 saturated carbocycles. The van der Waals surface area contributed by atoms with Gasteiger partial charge in [0.25, 0.3) is 0 Å². The van der Waals surface area contributed by atoms with Crippen LogP contribution in [-0.2, 0) is 13.0 Å². The van der Waals surface area contributed by atoms with Gasteiger partial charge in [-0.15, -0.1) is 11.3 Å². The number of amidine groups is 1. The minimum Gasteiger partial charge on any atom is -0.362 e. The maximum absolute atomic E-state index is 4.68. The molecule has 2 atom stereocenters. The third-order valence-electron chi connectivity index (χ3n) is 3.71. The van der Waals surface area contributed by atoms with Crippen molar-refractivity contribution in [2.45, 2.75) is 45.2 Å². The zero-order valence-electron chi connectivity index (χ0n) is 10.7. The zero-order valence-corrected chi connectivity index (χ0v) is 12.3. The molecule has 0 amide bonds. The summed E-state index contributed by atoms with van der Waals surface area (Å²) < 4.78 is 0. The van der Waals surface area contributed by atoms with Crippen molar-refractivity contribution in [1.82, 2.24) is 10.3 Å². The first-order chi connectivity index (χ1) is 8.85. The van der Waals surface area contributed by atoms with E-state index in [4.69, 9.17) is 0 Å². The van der Waals surface area contributed by atoms with Crippen LogP contribution in [0.2, 0.25) is 0 Å². The molecule has 0 spiro atoms. The van der Waals surface area contributed by atoms with Crippen molar-refractivity contribution in [2.24, 2.45) is 10.9 Å². The average Bonchev–Trinajstić information content (AvgIpc) is 3.04. The van der Waals surface area contributed by atoms with Gasteiger partial charge in [0.05, 0.1) is 6.54 Å². The van der Waals surface area contributed by atoms with Crippen molar-refractivity contribution in [3.05, 3.63) is 16.1 Å². The monoisotopic (exact) mass is 281 g/mol. The van der Waals surface area contributed by atoms with Crippen LogP contribution >= 0.6 is 23.1 Å². The van der Waals surface area contributed by atoms with Gasteiger partial charge in [-0.1, -0.05) is 25.1 Å². The molecule has 1 N–H and O–H groups in total. The highest BCUT2D eigenvalue weighted by molar-refractivity contribution is 8.13. The summed E-state index contributed by atoms with van der Waals surface area (Å²) in [6.07, 6.45) is 7.15. The second-order valence-corrected chi connectivity index (χ2v) is 7.16. The van der Waals surface area contributed by atoms with Gasteiger partial charge in [0.2, 0.25) is 0 Å². The highest BCUT2D eigenvalue weighted by atomic mass is 32.2. The average molecular weight is 281 g/mol. The SMILES string of the molecule is CCc1cnc(CN=C2NC3CCCC3CS2)s1. The molecular weight excluding hydrogens is 262 g/mol. The van der Waals surface area contributed by atoms with Crippen LogP contribution in [-0.4, -0.2) is 21.9 Å². The molecular formula is C13H19N3S2. The third-order valence-corrected chi connectivity index (χ3v) is 5.95. The van der Waals surface area contributed by atoms with Gasteiger partial charge in [0.15, 0.2) is 5.17 Å². The molecule has 3 rings (SSSR count). The number of aromatic nitrogens is 1. The number of hydrogen-bond donors (Lipinski definition) is 1. The fourth-order valence-corrected chi connectivity index (χ4v) is 4.58. The molecule has 3 nitrogen and oxygen atoms in total. The van der Waals surface area contributed by atoms with Gasteiger partial charge >= 0.3 is 0 Å². The minimum atomic E-state index is 0.687. The summed E-state index contributed by atoms with van der Waals surface area (Å²) in [5.41, 5.74) is 0. The molecule has 2 fully saturated rings. The van der Waals surface area contributed by atoms with Gasteiger partial charge in [0.1, 0.15) is 5.01 Å². The van der Waals surface area contributed by atoms with Gasteiger partial charge in [0, 0.05) is 22.9 Å². The fraction of sp³-hybridized carbons (Fsp3) is 0.692. The predicted octanol–water partition coefficient (Wildman–Crippen LogP) is 3.07. The van der Waals surface area contributed by atoms with Crippen molar-refractivity contribution in [2.75, 3.05) is 5.75 Å². The number of nitrogens with one attached hydrogen (secondary N) is 1. The van der Waals surface area contributed by atoms with Crippen LogP contribution in [0.5, 0.6) is 0 Å². The summed E-state index contributed by atoms with van der Waals surface area (Å²) in [5, 5.41) is 5.86. The number of rotatable bonds is 3. The lowest BCUT2D eigenvalue weighted by Gasteiger charge is -2.27. The fourth-order valence-electron chi connectivity index (χ4n) is 2.63. The van der Waals surface area contributed by atoms with Crippen LogP contribution in [0.1, 0.15) is 36.1 Å². The van der Waals surface area contributed by atoms with E-state index < -0.39 is 0 Å². The summed E-state index contributed by atoms with van der Waals surface area (Å²) in [6, 6.07) is 0.687. The summed E-state index contributed by atoms with van der Waals surface area (Å²) in [6.45, 7) is 2.90. The number of nitrogens with zero attached hydrogens (tertiary/aromatic N) is 2. The normalized spacial score (nSPS) is 29.3. The van der Waals surface area contributed by atoms with E-state index >= 15 is 0 Å². The number of hydrogen-bond acceptors (Lipinski definition) is 4. The van der Waals surface area contributed by atoms with E-state index in [0.29, 0.717) is 6.04 Å². The van der Waals surface area contributed by atoms with Gasteiger partial charge in [-0.05, 0) is 25.2 Å². The van der Waals surface area contributed by atoms with Crippen LogP contribution in [0.15, 0.2) is 11.2 Å². The first kappa shape index (κ1) is 12.5. The Bertz CT molecular complexity index is 441. The second kappa shape index (κ2) is 5.61. The molecule has 1 aliphatic carbocycles. The van der Waals surface area contributed by atoms with Crippen LogP contribution in [0.3, 0.4) is 0 Å². The smallest absolute Gasteiger partial charge is 0.157 e. The molecule has 5 heteroatoms. The van der Waals surface area contributed by atoms with Crippen molar-refractivity contribution >= 4 is 28.3 Å². The molecule has 1 aromatic heterocycles. The van der Waals surface area contributed by atoms with E-state index in [0.717, 1.165) is 29.1 Å². The molecule has 1 saturated heterocycles. The molecule has 18 heavy (non-hydrogen) atoms. The van der Waals surface area contributed by atoms with E-state index in [-0.39, 0.29) is 0 Å². The molecule has 1 aliphatic heterocycles. The molecule has 1 aromatic rings. The zero-order chi connectivity index (χ0) is 12.4. The van der Waals surface area contributed by atoms with E-state index in [1.54, 1.807) is 11.3 Å². The Hall–Kier alpha value is -0.550. The third kappa shape index (κ3) is 2.72. The summed E-state index contributed by atoms with van der Waals surface area (Å²) in [5.74, 6) is 2.12. The Balaban J connectivity index is 1.59. The van der Waals surface area contributed by atoms with Crippen LogP contribution in [0.4, 0.5) is 0 Å². The first-order valence-corrected chi connectivity index (χ1v) is 8.52. The van der Waals surface area contributed by atoms with Crippen molar-refractivity contribution < 1.29 is 0 Å². The van der Waals surface area contributed by atoms with E-state index in [1.165, 1.54) is 29.9 Å². The lowest BCUT2D eigenvalue weighted by molar-refractivity contribution is 0.489. The van der Waals surface area contributed by atoms with Gasteiger partial charge < -0.3 is 5.32 Å². The van der Waals surface area contributed by atoms with Crippen molar-refractivity contribution in [3.63, 3.8) is 0 Å². The molecule has 0 aromatic carbocycles. The molecule has 0 bridgehead atoms. The number of thioether (sulfide) groups is 1. The standard InChI is InChI=1S/C13H19N3S2/c1-2-10-6-14-12(18-10)7-15-13-16-11-5-3-4-9(11)8-17-13/h6,9,11H,2-5,7-8H2,1H3,(H,15,16). The molecule has 98 valence electrons. The van der Waals surface area contributed by atoms with Crippen molar-refractivity contribution in [1.29, 1.82) is 0 Å². The maximum Gasteiger partial charge on any atom is 0.157 e. The lowest BCUT2D eigenvalue weighted by Crippen LogP contribution is -2.41. The van der Waals surface area contributed by atoms with Gasteiger partial charge in [-0.3, -0.25) is 4.99 Å². The number of aliphatic imine (C=N–C) groups is 1. The Kier molecular flexibility index (Phi) is 3.89. The van der Waals surface area contributed by atoms with E-state index in [1.807, 2.05) is 18.0 Å². The van der Waals surface area contributed by atoms with Gasteiger partial charge in [-0.25, -0.2) is 4.98 Å². The quantitative estimate of drug-likeness (QED) is 0.925. The minimum absolute atomic E-state index is 0.687. The van der Waals surface area contributed by atoms with Crippen LogP contribution < -0.4 is 5.32 Å². The molecule has 0 radical (unpaired) electrons. The molecule has 2 heterocycles. The van der Waals surface area contributed by atoms with Crippen LogP contribution in [0.25, 0.3) is 0 Å². The topological polar surface area (TPSA) is 37.3 Å². The molecule has 2 unspecified atom stereocenters. The highest BCUT2D eigenvalue weighted by Gasteiger charge is 2.31. The highest BCUT2D eigenvalue weighted by Crippen LogP contribution is 2.32. The lowest BCUT2D eigenvalue weighted by atomic mass is 10.1. The van der Waals surface area contributed by atoms with Crippen LogP contribution in [0, 0.1) is 5.92 Å². The summed E-state index contributed by atoms with van der Waals surface area (Å²) >= 11 is 3.67. The van der Waals surface area contributed by atoms with Crippen molar-refractivity contribution in [3.8, 4) is 0 Å². The Morgan fingerprint density at radius 1 is 1.50 bits per heavy atom. The number of thiazole rings is 1. The number of aryl methyl sites for hydroxylation is 1. The van der Waals surface area contributed by atoms with Gasteiger partial charge in [-0.2, -0.15) is 0 Å². The summed E-state index contributed by atoms with van der Waals surface area (Å²) in [4.78, 5) is 10.4. The summed E-state index contributed by atoms with van der Waals surface area (Å²) in [7, 11) is 0. The maximum atomic E-state index is 4.68. The predicted molar refractivity (Wildman–Crippen MR) is 79.4 cm³/mol. The Labute approximate surface area is 116 Å². The number of fused-ring (bicyclic) bond motifs is 1. The Morgan fingerprint density at radius 2 is 2.44 bits per heavy atom. The Morgan fingerprint density at radius 3 is 3.28 bits per heavy atom. The first-order valence-electron chi connectivity index (χ1n) is 6.72. The van der Waals surface area contributed by atoms with E-state index in [9.17, 15) is 0 Å².